The lowest BCUT2D eigenvalue weighted by Crippen LogP contribution is -2.40. The number of rotatable bonds is 2. The third-order valence-electron chi connectivity index (χ3n) is 4.98. The lowest BCUT2D eigenvalue weighted by molar-refractivity contribution is -0.0963. The summed E-state index contributed by atoms with van der Waals surface area (Å²) in [6.45, 7) is 3.03. The third kappa shape index (κ3) is 2.70. The molecule has 104 valence electrons. The molecule has 1 spiro atoms. The summed E-state index contributed by atoms with van der Waals surface area (Å²) >= 11 is 0. The predicted molar refractivity (Wildman–Crippen MR) is 78.0 cm³/mol. The summed E-state index contributed by atoms with van der Waals surface area (Å²) in [6.07, 6.45) is 7.39. The minimum absolute atomic E-state index is 0.168. The molecule has 19 heavy (non-hydrogen) atoms. The Balaban J connectivity index is 1.74. The first-order valence-electron chi connectivity index (χ1n) is 7.65. The van der Waals surface area contributed by atoms with E-state index in [-0.39, 0.29) is 11.6 Å². The first kappa shape index (κ1) is 13.1. The van der Waals surface area contributed by atoms with Crippen LogP contribution >= 0.6 is 0 Å². The second-order valence-corrected chi connectivity index (χ2v) is 6.43. The van der Waals surface area contributed by atoms with Crippen LogP contribution in [-0.4, -0.2) is 12.2 Å². The van der Waals surface area contributed by atoms with Crippen molar-refractivity contribution >= 4 is 0 Å². The molecule has 2 heteroatoms. The average molecular weight is 259 g/mol. The van der Waals surface area contributed by atoms with Crippen LogP contribution in [0.15, 0.2) is 24.3 Å². The van der Waals surface area contributed by atoms with Crippen molar-refractivity contribution in [1.29, 1.82) is 0 Å². The van der Waals surface area contributed by atoms with Gasteiger partial charge in [-0.15, -0.1) is 0 Å². The molecule has 0 amide bonds. The monoisotopic (exact) mass is 259 g/mol. The molecule has 1 aliphatic carbocycles. The zero-order valence-corrected chi connectivity index (χ0v) is 11.9. The Morgan fingerprint density at radius 2 is 2.11 bits per heavy atom. The molecule has 1 aromatic carbocycles. The van der Waals surface area contributed by atoms with Gasteiger partial charge in [-0.2, -0.15) is 0 Å². The summed E-state index contributed by atoms with van der Waals surface area (Å²) in [6, 6.07) is 8.84. The van der Waals surface area contributed by atoms with Crippen molar-refractivity contribution < 1.29 is 4.74 Å². The molecule has 0 radical (unpaired) electrons. The standard InChI is InChI=1S/C17H25NO/c1-13-5-4-6-14(11-13)16(18)15-7-10-19-17(12-15)8-2-3-9-17/h4-6,11,15-16H,2-3,7-10,12,18H2,1H3. The van der Waals surface area contributed by atoms with E-state index in [4.69, 9.17) is 10.5 Å². The number of ether oxygens (including phenoxy) is 1. The quantitative estimate of drug-likeness (QED) is 0.878. The zero-order valence-electron chi connectivity index (χ0n) is 11.9. The van der Waals surface area contributed by atoms with Crippen LogP contribution in [0.25, 0.3) is 0 Å². The Hall–Kier alpha value is -0.860. The van der Waals surface area contributed by atoms with E-state index in [1.54, 1.807) is 0 Å². The number of benzene rings is 1. The minimum Gasteiger partial charge on any atom is -0.375 e. The van der Waals surface area contributed by atoms with Gasteiger partial charge < -0.3 is 10.5 Å². The van der Waals surface area contributed by atoms with Gasteiger partial charge in [0.25, 0.3) is 0 Å². The summed E-state index contributed by atoms with van der Waals surface area (Å²) < 4.78 is 6.11. The number of aryl methyl sites for hydroxylation is 1. The fourth-order valence-electron chi connectivity index (χ4n) is 3.89. The second-order valence-electron chi connectivity index (χ2n) is 6.43. The topological polar surface area (TPSA) is 35.2 Å². The second kappa shape index (κ2) is 5.26. The molecule has 2 nitrogen and oxygen atoms in total. The molecular formula is C17H25NO. The summed E-state index contributed by atoms with van der Waals surface area (Å²) in [7, 11) is 0. The Bertz CT molecular complexity index is 437. The maximum atomic E-state index is 6.53. The van der Waals surface area contributed by atoms with Crippen LogP contribution in [-0.2, 0) is 4.74 Å². The largest absolute Gasteiger partial charge is 0.375 e. The maximum absolute atomic E-state index is 6.53. The molecule has 0 aromatic heterocycles. The van der Waals surface area contributed by atoms with Gasteiger partial charge in [0.1, 0.15) is 0 Å². The fourth-order valence-corrected chi connectivity index (χ4v) is 3.89. The highest BCUT2D eigenvalue weighted by Gasteiger charge is 2.41. The zero-order chi connectivity index (χ0) is 13.3. The molecule has 1 saturated carbocycles. The first-order valence-corrected chi connectivity index (χ1v) is 7.65. The SMILES string of the molecule is Cc1cccc(C(N)C2CCOC3(CCCC3)C2)c1. The lowest BCUT2D eigenvalue weighted by Gasteiger charge is -2.40. The van der Waals surface area contributed by atoms with Gasteiger partial charge in [-0.1, -0.05) is 42.7 Å². The van der Waals surface area contributed by atoms with Crippen molar-refractivity contribution in [2.24, 2.45) is 11.7 Å². The minimum atomic E-state index is 0.168. The Morgan fingerprint density at radius 3 is 2.84 bits per heavy atom. The van der Waals surface area contributed by atoms with E-state index in [9.17, 15) is 0 Å². The van der Waals surface area contributed by atoms with Gasteiger partial charge in [0.2, 0.25) is 0 Å². The van der Waals surface area contributed by atoms with Crippen LogP contribution in [0.5, 0.6) is 0 Å². The number of hydrogen-bond acceptors (Lipinski definition) is 2. The van der Waals surface area contributed by atoms with Crippen LogP contribution in [0.2, 0.25) is 0 Å². The highest BCUT2D eigenvalue weighted by atomic mass is 16.5. The van der Waals surface area contributed by atoms with E-state index < -0.39 is 0 Å². The van der Waals surface area contributed by atoms with E-state index in [1.807, 2.05) is 0 Å². The molecular weight excluding hydrogens is 234 g/mol. The molecule has 1 aliphatic heterocycles. The number of nitrogens with two attached hydrogens (primary N) is 1. The molecule has 2 fully saturated rings. The van der Waals surface area contributed by atoms with Crippen LogP contribution in [0, 0.1) is 12.8 Å². The van der Waals surface area contributed by atoms with Crippen LogP contribution in [0.1, 0.15) is 55.7 Å². The van der Waals surface area contributed by atoms with Crippen molar-refractivity contribution in [1.82, 2.24) is 0 Å². The lowest BCUT2D eigenvalue weighted by atomic mass is 9.79. The van der Waals surface area contributed by atoms with E-state index in [2.05, 4.69) is 31.2 Å². The smallest absolute Gasteiger partial charge is 0.0685 e. The molecule has 1 saturated heterocycles. The molecule has 1 heterocycles. The van der Waals surface area contributed by atoms with Crippen LogP contribution in [0.4, 0.5) is 0 Å². The van der Waals surface area contributed by atoms with Gasteiger partial charge in [-0.25, -0.2) is 0 Å². The van der Waals surface area contributed by atoms with E-state index >= 15 is 0 Å². The van der Waals surface area contributed by atoms with Gasteiger partial charge >= 0.3 is 0 Å². The van der Waals surface area contributed by atoms with Gasteiger partial charge in [-0.05, 0) is 44.1 Å². The predicted octanol–water partition coefficient (Wildman–Crippen LogP) is 3.73. The highest BCUT2D eigenvalue weighted by molar-refractivity contribution is 5.25. The number of hydrogen-bond donors (Lipinski definition) is 1. The molecule has 3 rings (SSSR count). The van der Waals surface area contributed by atoms with Crippen LogP contribution in [0.3, 0.4) is 0 Å². The van der Waals surface area contributed by atoms with E-state index in [1.165, 1.54) is 36.8 Å². The summed E-state index contributed by atoms with van der Waals surface area (Å²) in [5.74, 6) is 0.577. The van der Waals surface area contributed by atoms with Gasteiger partial charge in [-0.3, -0.25) is 0 Å². The third-order valence-corrected chi connectivity index (χ3v) is 4.98. The summed E-state index contributed by atoms with van der Waals surface area (Å²) in [4.78, 5) is 0. The Labute approximate surface area is 116 Å². The summed E-state index contributed by atoms with van der Waals surface area (Å²) in [5, 5.41) is 0. The highest BCUT2D eigenvalue weighted by Crippen LogP contribution is 2.44. The first-order chi connectivity index (χ1) is 9.19. The molecule has 1 aromatic rings. The molecule has 0 bridgehead atoms. The van der Waals surface area contributed by atoms with Crippen molar-refractivity contribution in [3.05, 3.63) is 35.4 Å². The average Bonchev–Trinajstić information content (AvgIpc) is 2.86. The van der Waals surface area contributed by atoms with E-state index in [0.717, 1.165) is 19.4 Å². The molecule has 2 atom stereocenters. The molecule has 2 N–H and O–H groups in total. The Morgan fingerprint density at radius 1 is 1.32 bits per heavy atom. The summed E-state index contributed by atoms with van der Waals surface area (Å²) in [5.41, 5.74) is 9.30. The van der Waals surface area contributed by atoms with Gasteiger partial charge in [0.15, 0.2) is 0 Å². The van der Waals surface area contributed by atoms with E-state index in [0.29, 0.717) is 5.92 Å². The fraction of sp³-hybridized carbons (Fsp3) is 0.647. The van der Waals surface area contributed by atoms with Crippen molar-refractivity contribution in [3.8, 4) is 0 Å². The van der Waals surface area contributed by atoms with Crippen LogP contribution < -0.4 is 5.73 Å². The Kier molecular flexibility index (Phi) is 3.64. The van der Waals surface area contributed by atoms with Crippen molar-refractivity contribution in [2.45, 2.75) is 57.1 Å². The normalized spacial score (nSPS) is 27.6. The van der Waals surface area contributed by atoms with Crippen molar-refractivity contribution in [2.75, 3.05) is 6.61 Å². The molecule has 2 unspecified atom stereocenters. The van der Waals surface area contributed by atoms with Gasteiger partial charge in [0.05, 0.1) is 5.60 Å². The maximum Gasteiger partial charge on any atom is 0.0685 e. The van der Waals surface area contributed by atoms with Crippen molar-refractivity contribution in [3.63, 3.8) is 0 Å². The van der Waals surface area contributed by atoms with Gasteiger partial charge in [0, 0.05) is 12.6 Å². The molecule has 2 aliphatic rings.